The molecule has 3 aromatic heterocycles. The number of nitrogens with zero attached hydrogens (tertiary/aromatic N) is 4. The third-order valence-electron chi connectivity index (χ3n) is 3.34. The number of anilines is 1. The normalized spacial score (nSPS) is 10.9. The number of rotatable bonds is 5. The number of carbonyl (C=O) groups is 1. The first kappa shape index (κ1) is 15.7. The number of benzene rings is 1. The lowest BCUT2D eigenvalue weighted by Crippen LogP contribution is -2.11. The minimum absolute atomic E-state index is 0.229. The molecule has 0 saturated heterocycles. The topological polar surface area (TPSA) is 96.5 Å². The largest absolute Gasteiger partial charge is 0.341 e. The van der Waals surface area contributed by atoms with Crippen molar-refractivity contribution in [2.45, 2.75) is 10.1 Å². The van der Waals surface area contributed by atoms with Crippen molar-refractivity contribution in [3.63, 3.8) is 0 Å². The number of amides is 1. The standard InChI is InChI=1S/C16H12N6OS2/c23-14(10-5-7-17-8-6-10)20-15-21-22-16(25-15)24-9-13-18-11-3-1-2-4-12(11)19-13/h1-8H,9H2,(H,18,19)(H,20,21,23). The number of fused-ring (bicyclic) bond motifs is 1. The number of imidazole rings is 1. The highest BCUT2D eigenvalue weighted by Gasteiger charge is 2.11. The molecule has 0 aliphatic carbocycles. The van der Waals surface area contributed by atoms with Gasteiger partial charge in [0.2, 0.25) is 5.13 Å². The third kappa shape index (κ3) is 3.67. The van der Waals surface area contributed by atoms with Crippen LogP contribution in [-0.4, -0.2) is 31.1 Å². The summed E-state index contributed by atoms with van der Waals surface area (Å²) in [6.45, 7) is 0. The van der Waals surface area contributed by atoms with Crippen molar-refractivity contribution in [3.05, 3.63) is 60.2 Å². The predicted octanol–water partition coefficient (Wildman–Crippen LogP) is 3.35. The van der Waals surface area contributed by atoms with Gasteiger partial charge in [0.05, 0.1) is 16.8 Å². The van der Waals surface area contributed by atoms with Gasteiger partial charge in [-0.2, -0.15) is 0 Å². The molecule has 0 fully saturated rings. The summed E-state index contributed by atoms with van der Waals surface area (Å²) in [5.41, 5.74) is 2.49. The molecule has 0 spiro atoms. The number of H-pyrrole nitrogens is 1. The zero-order valence-corrected chi connectivity index (χ0v) is 14.5. The first-order chi connectivity index (χ1) is 12.3. The van der Waals surface area contributed by atoms with Gasteiger partial charge in [-0.15, -0.1) is 10.2 Å². The van der Waals surface area contributed by atoms with Crippen molar-refractivity contribution < 1.29 is 4.79 Å². The van der Waals surface area contributed by atoms with E-state index in [0.29, 0.717) is 16.4 Å². The van der Waals surface area contributed by atoms with Crippen LogP contribution in [0.25, 0.3) is 11.0 Å². The number of aromatic nitrogens is 5. The second-order valence-corrected chi connectivity index (χ2v) is 7.25. The van der Waals surface area contributed by atoms with Crippen LogP contribution in [0.15, 0.2) is 53.1 Å². The molecule has 25 heavy (non-hydrogen) atoms. The summed E-state index contributed by atoms with van der Waals surface area (Å²) in [5, 5.41) is 11.3. The Morgan fingerprint density at radius 2 is 2.00 bits per heavy atom. The molecule has 9 heteroatoms. The zero-order valence-electron chi connectivity index (χ0n) is 12.8. The Labute approximate surface area is 150 Å². The van der Waals surface area contributed by atoms with E-state index in [1.165, 1.54) is 23.1 Å². The van der Waals surface area contributed by atoms with Crippen LogP contribution in [0.3, 0.4) is 0 Å². The van der Waals surface area contributed by atoms with Crippen LogP contribution in [0.5, 0.6) is 0 Å². The molecule has 0 unspecified atom stereocenters. The third-order valence-corrected chi connectivity index (χ3v) is 5.32. The number of hydrogen-bond acceptors (Lipinski definition) is 7. The smallest absolute Gasteiger partial charge is 0.257 e. The average Bonchev–Trinajstić information content (AvgIpc) is 3.26. The fourth-order valence-electron chi connectivity index (χ4n) is 2.20. The Kier molecular flexibility index (Phi) is 4.40. The van der Waals surface area contributed by atoms with E-state index in [4.69, 9.17) is 0 Å². The molecular formula is C16H12N6OS2. The van der Waals surface area contributed by atoms with Crippen molar-refractivity contribution in [2.75, 3.05) is 5.32 Å². The monoisotopic (exact) mass is 368 g/mol. The van der Waals surface area contributed by atoms with Crippen molar-refractivity contribution in [3.8, 4) is 0 Å². The van der Waals surface area contributed by atoms with Crippen molar-refractivity contribution in [1.29, 1.82) is 0 Å². The summed E-state index contributed by atoms with van der Waals surface area (Å²) in [6, 6.07) is 11.2. The molecule has 1 amide bonds. The Morgan fingerprint density at radius 3 is 2.84 bits per heavy atom. The van der Waals surface area contributed by atoms with Gasteiger partial charge in [-0.25, -0.2) is 4.98 Å². The van der Waals surface area contributed by atoms with Gasteiger partial charge in [0.15, 0.2) is 4.34 Å². The van der Waals surface area contributed by atoms with E-state index in [9.17, 15) is 4.79 Å². The number of nitrogens with one attached hydrogen (secondary N) is 2. The minimum atomic E-state index is -0.229. The lowest BCUT2D eigenvalue weighted by molar-refractivity contribution is 0.102. The molecule has 0 saturated carbocycles. The van der Waals surface area contributed by atoms with E-state index in [0.717, 1.165) is 21.2 Å². The van der Waals surface area contributed by atoms with E-state index >= 15 is 0 Å². The van der Waals surface area contributed by atoms with Gasteiger partial charge in [-0.1, -0.05) is 35.2 Å². The molecule has 0 bridgehead atoms. The maximum Gasteiger partial charge on any atom is 0.257 e. The summed E-state index contributed by atoms with van der Waals surface area (Å²) < 4.78 is 0.769. The molecule has 2 N–H and O–H groups in total. The summed E-state index contributed by atoms with van der Waals surface area (Å²) in [5.74, 6) is 1.30. The molecule has 7 nitrogen and oxygen atoms in total. The van der Waals surface area contributed by atoms with Crippen LogP contribution in [-0.2, 0) is 5.75 Å². The van der Waals surface area contributed by atoms with Crippen molar-refractivity contribution in [1.82, 2.24) is 25.1 Å². The number of aromatic amines is 1. The van der Waals surface area contributed by atoms with Gasteiger partial charge in [-0.05, 0) is 24.3 Å². The molecule has 4 aromatic rings. The fourth-order valence-corrected chi connectivity index (χ4v) is 3.81. The number of hydrogen-bond donors (Lipinski definition) is 2. The lowest BCUT2D eigenvalue weighted by atomic mass is 10.2. The molecule has 4 rings (SSSR count). The van der Waals surface area contributed by atoms with Crippen LogP contribution >= 0.6 is 23.1 Å². The lowest BCUT2D eigenvalue weighted by Gasteiger charge is -1.99. The van der Waals surface area contributed by atoms with Gasteiger partial charge >= 0.3 is 0 Å². The zero-order chi connectivity index (χ0) is 17.1. The van der Waals surface area contributed by atoms with E-state index in [1.807, 2.05) is 24.3 Å². The van der Waals surface area contributed by atoms with Gasteiger partial charge in [0.1, 0.15) is 5.82 Å². The molecule has 0 radical (unpaired) electrons. The van der Waals surface area contributed by atoms with Gasteiger partial charge in [-0.3, -0.25) is 15.1 Å². The van der Waals surface area contributed by atoms with Crippen molar-refractivity contribution in [2.24, 2.45) is 0 Å². The fraction of sp³-hybridized carbons (Fsp3) is 0.0625. The Hall–Kier alpha value is -2.78. The molecule has 0 atom stereocenters. The summed E-state index contributed by atoms with van der Waals surface area (Å²) >= 11 is 2.86. The van der Waals surface area contributed by atoms with E-state index in [-0.39, 0.29) is 5.91 Å². The second-order valence-electron chi connectivity index (χ2n) is 5.05. The number of para-hydroxylation sites is 2. The van der Waals surface area contributed by atoms with E-state index in [2.05, 4.69) is 30.5 Å². The molecular weight excluding hydrogens is 356 g/mol. The summed E-state index contributed by atoms with van der Waals surface area (Å²) in [4.78, 5) is 23.8. The molecule has 124 valence electrons. The van der Waals surface area contributed by atoms with Crippen LogP contribution in [0.1, 0.15) is 16.2 Å². The Balaban J connectivity index is 1.39. The number of carbonyl (C=O) groups excluding carboxylic acids is 1. The van der Waals surface area contributed by atoms with Crippen LogP contribution < -0.4 is 5.32 Å². The molecule has 0 aliphatic heterocycles. The van der Waals surface area contributed by atoms with E-state index < -0.39 is 0 Å². The van der Waals surface area contributed by atoms with Gasteiger partial charge < -0.3 is 4.98 Å². The maximum atomic E-state index is 12.1. The minimum Gasteiger partial charge on any atom is -0.341 e. The highest BCUT2D eigenvalue weighted by Crippen LogP contribution is 2.28. The summed E-state index contributed by atoms with van der Waals surface area (Å²) in [6.07, 6.45) is 3.15. The molecule has 0 aliphatic rings. The van der Waals surface area contributed by atoms with Crippen LogP contribution in [0.2, 0.25) is 0 Å². The highest BCUT2D eigenvalue weighted by atomic mass is 32.2. The Morgan fingerprint density at radius 1 is 1.16 bits per heavy atom. The maximum absolute atomic E-state index is 12.1. The van der Waals surface area contributed by atoms with Crippen LogP contribution in [0, 0.1) is 0 Å². The predicted molar refractivity (Wildman–Crippen MR) is 97.8 cm³/mol. The molecule has 3 heterocycles. The van der Waals surface area contributed by atoms with Gasteiger partial charge in [0.25, 0.3) is 5.91 Å². The first-order valence-electron chi connectivity index (χ1n) is 7.39. The number of thioether (sulfide) groups is 1. The second kappa shape index (κ2) is 6.99. The van der Waals surface area contributed by atoms with E-state index in [1.54, 1.807) is 24.5 Å². The Bertz CT molecular complexity index is 981. The first-order valence-corrected chi connectivity index (χ1v) is 9.19. The molecule has 1 aromatic carbocycles. The highest BCUT2D eigenvalue weighted by molar-refractivity contribution is 8.00. The average molecular weight is 368 g/mol. The van der Waals surface area contributed by atoms with Crippen LogP contribution in [0.4, 0.5) is 5.13 Å². The quantitative estimate of drug-likeness (QED) is 0.414. The summed E-state index contributed by atoms with van der Waals surface area (Å²) in [7, 11) is 0. The SMILES string of the molecule is O=C(Nc1nnc(SCc2nc3ccccc3[nH]2)s1)c1ccncc1. The number of pyridine rings is 1. The van der Waals surface area contributed by atoms with Crippen molar-refractivity contribution >= 4 is 45.2 Å². The van der Waals surface area contributed by atoms with Gasteiger partial charge in [0, 0.05) is 18.0 Å².